The third-order valence-electron chi connectivity index (χ3n) is 0.522. The number of hydrogen-bond acceptors (Lipinski definition) is 5. The maximum Gasteiger partial charge on any atom is 1.00 e. The second-order valence-electron chi connectivity index (χ2n) is 1.37. The number of ether oxygens (including phenoxy) is 1. The number of methoxy groups -OCH3 is 1. The smallest absolute Gasteiger partial charge is 0.545 e. The SMILES string of the molecule is C=COC.O=C([O-])C=CC(=O)[O-].[K+].[K+]. The molecule has 0 fully saturated rings. The van der Waals surface area contributed by atoms with E-state index in [9.17, 15) is 19.8 Å². The van der Waals surface area contributed by atoms with Crippen LogP contribution < -0.4 is 113 Å². The van der Waals surface area contributed by atoms with Gasteiger partial charge >= 0.3 is 103 Å². The van der Waals surface area contributed by atoms with Gasteiger partial charge in [0.1, 0.15) is 0 Å². The Morgan fingerprint density at radius 3 is 1.43 bits per heavy atom. The van der Waals surface area contributed by atoms with Gasteiger partial charge in [-0.15, -0.1) is 0 Å². The predicted octanol–water partition coefficient (Wildman–Crippen LogP) is -8.17. The molecule has 0 amide bonds. The van der Waals surface area contributed by atoms with Gasteiger partial charge < -0.3 is 24.5 Å². The van der Waals surface area contributed by atoms with Crippen molar-refractivity contribution in [1.82, 2.24) is 0 Å². The molecule has 0 N–H and O–H groups in total. The van der Waals surface area contributed by atoms with Crippen LogP contribution in [-0.4, -0.2) is 19.0 Å². The molecule has 0 atom stereocenters. The average Bonchev–Trinajstić information content (AvgIpc) is 2.01. The van der Waals surface area contributed by atoms with Crippen LogP contribution in [-0.2, 0) is 14.3 Å². The van der Waals surface area contributed by atoms with Crippen molar-refractivity contribution in [2.75, 3.05) is 7.11 Å². The minimum Gasteiger partial charge on any atom is -0.545 e. The Hall–Kier alpha value is 1.49. The number of carboxylic acid groups (broad SMARTS) is 2. The summed E-state index contributed by atoms with van der Waals surface area (Å²) in [6.07, 6.45) is 2.14. The quantitative estimate of drug-likeness (QED) is 0.282. The molecule has 68 valence electrons. The van der Waals surface area contributed by atoms with Crippen molar-refractivity contribution in [2.24, 2.45) is 0 Å². The Balaban J connectivity index is -0.0000000733. The molecule has 7 heteroatoms. The first-order valence-corrected chi connectivity index (χ1v) is 2.78. The average molecular weight is 250 g/mol. The molecule has 14 heavy (non-hydrogen) atoms. The van der Waals surface area contributed by atoms with Gasteiger partial charge in [0, 0.05) is 0 Å². The van der Waals surface area contributed by atoms with E-state index in [-0.39, 0.29) is 103 Å². The first kappa shape index (κ1) is 24.6. The van der Waals surface area contributed by atoms with E-state index in [1.54, 1.807) is 7.11 Å². The van der Waals surface area contributed by atoms with Crippen LogP contribution in [0.4, 0.5) is 0 Å². The number of carbonyl (C=O) groups is 2. The summed E-state index contributed by atoms with van der Waals surface area (Å²) >= 11 is 0. The molecule has 0 rings (SSSR count). The number of hydrogen-bond donors (Lipinski definition) is 0. The van der Waals surface area contributed by atoms with E-state index in [0.29, 0.717) is 12.2 Å². The molecule has 0 heterocycles. The minimum absolute atomic E-state index is 0. The first-order chi connectivity index (χ1) is 5.54. The molecule has 0 bridgehead atoms. The Labute approximate surface area is 167 Å². The predicted molar refractivity (Wildman–Crippen MR) is 36.4 cm³/mol. The van der Waals surface area contributed by atoms with Crippen molar-refractivity contribution >= 4 is 11.9 Å². The Bertz CT molecular complexity index is 175. The van der Waals surface area contributed by atoms with Crippen molar-refractivity contribution in [1.29, 1.82) is 0 Å². The zero-order chi connectivity index (χ0) is 9.98. The van der Waals surface area contributed by atoms with Crippen LogP contribution in [0.25, 0.3) is 0 Å². The van der Waals surface area contributed by atoms with Gasteiger partial charge in [-0.3, -0.25) is 0 Å². The van der Waals surface area contributed by atoms with Gasteiger partial charge in [-0.25, -0.2) is 0 Å². The van der Waals surface area contributed by atoms with Gasteiger partial charge in [0.15, 0.2) is 0 Å². The van der Waals surface area contributed by atoms with E-state index in [1.165, 1.54) is 6.26 Å². The Kier molecular flexibility index (Phi) is 35.2. The van der Waals surface area contributed by atoms with Crippen molar-refractivity contribution in [2.45, 2.75) is 0 Å². The van der Waals surface area contributed by atoms with Crippen molar-refractivity contribution in [3.05, 3.63) is 25.0 Å². The maximum absolute atomic E-state index is 9.41. The van der Waals surface area contributed by atoms with Gasteiger partial charge in [0.05, 0.1) is 25.3 Å². The van der Waals surface area contributed by atoms with Gasteiger partial charge in [-0.2, -0.15) is 0 Å². The van der Waals surface area contributed by atoms with Gasteiger partial charge in [0.2, 0.25) is 0 Å². The standard InChI is InChI=1S/C4H4O4.C3H6O.2K/c5-3(6)1-2-4(7)8;1-3-4-2;;/h1-2H,(H,5,6)(H,7,8);3H,1H2,2H3;;/q;;2*+1/p-2. The zero-order valence-corrected chi connectivity index (χ0v) is 14.7. The molecular formula is C7H8K2O5. The summed E-state index contributed by atoms with van der Waals surface area (Å²) in [5.74, 6) is -3.09. The van der Waals surface area contributed by atoms with Crippen LogP contribution >= 0.6 is 0 Å². The van der Waals surface area contributed by atoms with Crippen molar-refractivity contribution in [3.8, 4) is 0 Å². The van der Waals surface area contributed by atoms with Crippen LogP contribution in [0.1, 0.15) is 0 Å². The molecule has 0 aliphatic heterocycles. The zero-order valence-electron chi connectivity index (χ0n) is 8.48. The summed E-state index contributed by atoms with van der Waals surface area (Å²) in [6.45, 7) is 3.26. The third kappa shape index (κ3) is 37.5. The third-order valence-corrected chi connectivity index (χ3v) is 0.522. The molecule has 0 aromatic rings. The summed E-state index contributed by atoms with van der Waals surface area (Å²) < 4.78 is 4.31. The number of rotatable bonds is 3. The van der Waals surface area contributed by atoms with Crippen LogP contribution in [0.2, 0.25) is 0 Å². The molecule has 0 aromatic carbocycles. The van der Waals surface area contributed by atoms with Crippen LogP contribution in [0.5, 0.6) is 0 Å². The minimum atomic E-state index is -1.55. The van der Waals surface area contributed by atoms with Crippen LogP contribution in [0, 0.1) is 0 Å². The number of aliphatic carboxylic acids is 2. The summed E-state index contributed by atoms with van der Waals surface area (Å²) in [6, 6.07) is 0. The number of carboxylic acids is 2. The molecular weight excluding hydrogens is 242 g/mol. The molecule has 0 saturated carbocycles. The molecule has 0 saturated heterocycles. The van der Waals surface area contributed by atoms with E-state index in [0.717, 1.165) is 0 Å². The Morgan fingerprint density at radius 1 is 1.14 bits per heavy atom. The van der Waals surface area contributed by atoms with Gasteiger partial charge in [0.25, 0.3) is 0 Å². The fourth-order valence-corrected chi connectivity index (χ4v) is 0.136. The van der Waals surface area contributed by atoms with Gasteiger partial charge in [-0.05, 0) is 12.2 Å². The summed E-state index contributed by atoms with van der Waals surface area (Å²) in [7, 11) is 1.56. The van der Waals surface area contributed by atoms with Crippen molar-refractivity contribution < 1.29 is 127 Å². The van der Waals surface area contributed by atoms with Crippen LogP contribution in [0.15, 0.2) is 25.0 Å². The van der Waals surface area contributed by atoms with Crippen LogP contribution in [0.3, 0.4) is 0 Å². The summed E-state index contributed by atoms with van der Waals surface area (Å²) in [5.41, 5.74) is 0. The largest absolute Gasteiger partial charge is 1.00 e. The molecule has 0 aliphatic carbocycles. The number of carbonyl (C=O) groups excluding carboxylic acids is 2. The Morgan fingerprint density at radius 2 is 1.36 bits per heavy atom. The molecule has 0 unspecified atom stereocenters. The summed E-state index contributed by atoms with van der Waals surface area (Å²) in [4.78, 5) is 18.8. The van der Waals surface area contributed by atoms with Crippen molar-refractivity contribution in [3.63, 3.8) is 0 Å². The second kappa shape index (κ2) is 20.0. The van der Waals surface area contributed by atoms with E-state index in [4.69, 9.17) is 0 Å². The molecule has 5 nitrogen and oxygen atoms in total. The molecule has 0 spiro atoms. The van der Waals surface area contributed by atoms with E-state index in [2.05, 4.69) is 11.3 Å². The van der Waals surface area contributed by atoms with E-state index < -0.39 is 11.9 Å². The molecule has 0 aromatic heterocycles. The molecule has 0 radical (unpaired) electrons. The van der Waals surface area contributed by atoms with Gasteiger partial charge in [-0.1, -0.05) is 6.58 Å². The second-order valence-corrected chi connectivity index (χ2v) is 1.37. The fraction of sp³-hybridized carbons (Fsp3) is 0.143. The van der Waals surface area contributed by atoms with E-state index in [1.807, 2.05) is 0 Å². The van der Waals surface area contributed by atoms with E-state index >= 15 is 0 Å². The normalized spacial score (nSPS) is 6.93. The summed E-state index contributed by atoms with van der Waals surface area (Å²) in [5, 5.41) is 18.8. The topological polar surface area (TPSA) is 89.5 Å². The maximum atomic E-state index is 9.41. The molecule has 0 aliphatic rings. The monoisotopic (exact) mass is 250 g/mol. The first-order valence-electron chi connectivity index (χ1n) is 2.78. The fourth-order valence-electron chi connectivity index (χ4n) is 0.136.